The molecule has 0 saturated heterocycles. The molecule has 148 valence electrons. The van der Waals surface area contributed by atoms with E-state index < -0.39 is 0 Å². The topological polar surface area (TPSA) is 35.2 Å². The first-order chi connectivity index (χ1) is 11.8. The minimum atomic E-state index is 0.844. The Morgan fingerprint density at radius 2 is 0.750 bits per heavy atom. The van der Waals surface area contributed by atoms with Crippen LogP contribution in [0, 0.1) is 0 Å². The standard InChI is InChI=1S/C18H39N.C4H10O/c1-2-3-4-5-6-7-8-9-10-11-12-13-14-15-16-17-18-19;1-3-5-4-2/h2-19H2,1H3;3-4H2,1-2H3. The zero-order chi connectivity index (χ0) is 18.1. The summed E-state index contributed by atoms with van der Waals surface area (Å²) in [5.41, 5.74) is 5.48. The molecular weight excluding hydrogens is 294 g/mol. The first-order valence-corrected chi connectivity index (χ1v) is 11.1. The summed E-state index contributed by atoms with van der Waals surface area (Å²) < 4.78 is 4.83. The predicted octanol–water partition coefficient (Wildman–Crippen LogP) is 7.25. The number of ether oxygens (including phenoxy) is 1. The maximum Gasteiger partial charge on any atom is 0.0437 e. The Labute approximate surface area is 154 Å². The number of hydrogen-bond donors (Lipinski definition) is 1. The van der Waals surface area contributed by atoms with Crippen LogP contribution in [0.3, 0.4) is 0 Å². The van der Waals surface area contributed by atoms with Crippen LogP contribution in [0.15, 0.2) is 0 Å². The fourth-order valence-corrected chi connectivity index (χ4v) is 2.90. The van der Waals surface area contributed by atoms with E-state index in [1.165, 1.54) is 103 Å². The van der Waals surface area contributed by atoms with Gasteiger partial charge < -0.3 is 10.5 Å². The smallest absolute Gasteiger partial charge is 0.0437 e. The molecule has 0 heterocycles. The van der Waals surface area contributed by atoms with Crippen molar-refractivity contribution in [2.45, 2.75) is 124 Å². The van der Waals surface area contributed by atoms with Crippen molar-refractivity contribution < 1.29 is 4.74 Å². The Balaban J connectivity index is 0. The Morgan fingerprint density at radius 3 is 0.958 bits per heavy atom. The summed E-state index contributed by atoms with van der Waals surface area (Å²) in [6.07, 6.45) is 22.9. The number of rotatable bonds is 18. The molecule has 2 nitrogen and oxygen atoms in total. The molecule has 0 aliphatic rings. The third-order valence-corrected chi connectivity index (χ3v) is 4.47. The molecule has 2 heteroatoms. The molecule has 0 aromatic carbocycles. The second kappa shape index (κ2) is 27.8. The summed E-state index contributed by atoms with van der Waals surface area (Å²) in [5.74, 6) is 0. The van der Waals surface area contributed by atoms with Crippen LogP contribution in [0.5, 0.6) is 0 Å². The van der Waals surface area contributed by atoms with E-state index in [4.69, 9.17) is 10.5 Å². The van der Waals surface area contributed by atoms with Crippen LogP contribution < -0.4 is 5.73 Å². The molecule has 0 aliphatic carbocycles. The molecule has 2 N–H and O–H groups in total. The van der Waals surface area contributed by atoms with E-state index in [0.717, 1.165) is 19.8 Å². The highest BCUT2D eigenvalue weighted by molar-refractivity contribution is 4.49. The minimum Gasteiger partial charge on any atom is -0.382 e. The highest BCUT2D eigenvalue weighted by atomic mass is 16.5. The highest BCUT2D eigenvalue weighted by Crippen LogP contribution is 2.13. The van der Waals surface area contributed by atoms with E-state index in [-0.39, 0.29) is 0 Å². The average Bonchev–Trinajstić information content (AvgIpc) is 2.60. The minimum absolute atomic E-state index is 0.844. The van der Waals surface area contributed by atoms with Gasteiger partial charge in [-0.2, -0.15) is 0 Å². The molecule has 0 radical (unpaired) electrons. The van der Waals surface area contributed by atoms with Gasteiger partial charge >= 0.3 is 0 Å². The van der Waals surface area contributed by atoms with Crippen molar-refractivity contribution in [3.8, 4) is 0 Å². The third-order valence-electron chi connectivity index (χ3n) is 4.47. The number of nitrogens with two attached hydrogens (primary N) is 1. The Kier molecular flexibility index (Phi) is 30.2. The van der Waals surface area contributed by atoms with E-state index in [2.05, 4.69) is 6.92 Å². The van der Waals surface area contributed by atoms with Crippen LogP contribution in [-0.4, -0.2) is 19.8 Å². The van der Waals surface area contributed by atoms with Gasteiger partial charge in [-0.15, -0.1) is 0 Å². The lowest BCUT2D eigenvalue weighted by atomic mass is 10.0. The van der Waals surface area contributed by atoms with Gasteiger partial charge in [0, 0.05) is 13.2 Å². The van der Waals surface area contributed by atoms with Gasteiger partial charge in [-0.3, -0.25) is 0 Å². The van der Waals surface area contributed by atoms with Crippen molar-refractivity contribution in [3.05, 3.63) is 0 Å². The summed E-state index contributed by atoms with van der Waals surface area (Å²) in [5, 5.41) is 0. The van der Waals surface area contributed by atoms with Gasteiger partial charge in [0.05, 0.1) is 0 Å². The van der Waals surface area contributed by atoms with Crippen molar-refractivity contribution in [2.75, 3.05) is 19.8 Å². The van der Waals surface area contributed by atoms with E-state index >= 15 is 0 Å². The molecular formula is C22H49NO. The van der Waals surface area contributed by atoms with E-state index in [9.17, 15) is 0 Å². The molecule has 0 saturated carbocycles. The zero-order valence-corrected chi connectivity index (χ0v) is 17.4. The number of unbranched alkanes of at least 4 members (excludes halogenated alkanes) is 15. The zero-order valence-electron chi connectivity index (χ0n) is 17.4. The van der Waals surface area contributed by atoms with E-state index in [1.807, 2.05) is 13.8 Å². The van der Waals surface area contributed by atoms with Crippen molar-refractivity contribution in [1.82, 2.24) is 0 Å². The second-order valence-corrected chi connectivity index (χ2v) is 6.87. The Hall–Kier alpha value is -0.0800. The molecule has 0 amide bonds. The van der Waals surface area contributed by atoms with Crippen LogP contribution in [0.25, 0.3) is 0 Å². The normalized spacial score (nSPS) is 10.5. The summed E-state index contributed by atoms with van der Waals surface area (Å²) in [6.45, 7) is 8.83. The second-order valence-electron chi connectivity index (χ2n) is 6.87. The van der Waals surface area contributed by atoms with Gasteiger partial charge in [-0.1, -0.05) is 103 Å². The monoisotopic (exact) mass is 343 g/mol. The first-order valence-electron chi connectivity index (χ1n) is 11.1. The van der Waals surface area contributed by atoms with Crippen molar-refractivity contribution in [3.63, 3.8) is 0 Å². The first kappa shape index (κ1) is 26.2. The van der Waals surface area contributed by atoms with Gasteiger partial charge in [0.15, 0.2) is 0 Å². The van der Waals surface area contributed by atoms with Crippen LogP contribution in [-0.2, 0) is 4.74 Å². The van der Waals surface area contributed by atoms with Crippen molar-refractivity contribution in [2.24, 2.45) is 5.73 Å². The van der Waals surface area contributed by atoms with Crippen LogP contribution in [0.1, 0.15) is 124 Å². The lowest BCUT2D eigenvalue weighted by Gasteiger charge is -2.03. The third kappa shape index (κ3) is 29.9. The molecule has 0 aromatic rings. The summed E-state index contributed by atoms with van der Waals surface area (Å²) in [7, 11) is 0. The SMILES string of the molecule is CCCCCCCCCCCCCCCCCCN.CCOCC. The predicted molar refractivity (Wildman–Crippen MR) is 111 cm³/mol. The van der Waals surface area contributed by atoms with Crippen LogP contribution in [0.2, 0.25) is 0 Å². The van der Waals surface area contributed by atoms with Gasteiger partial charge in [-0.05, 0) is 26.8 Å². The van der Waals surface area contributed by atoms with Crippen LogP contribution in [0.4, 0.5) is 0 Å². The van der Waals surface area contributed by atoms with Crippen molar-refractivity contribution >= 4 is 0 Å². The maximum absolute atomic E-state index is 5.48. The molecule has 0 spiro atoms. The lowest BCUT2D eigenvalue weighted by Crippen LogP contribution is -1.97. The van der Waals surface area contributed by atoms with Crippen LogP contribution >= 0.6 is 0 Å². The number of hydrogen-bond acceptors (Lipinski definition) is 2. The largest absolute Gasteiger partial charge is 0.382 e. The molecule has 24 heavy (non-hydrogen) atoms. The fraction of sp³-hybridized carbons (Fsp3) is 1.00. The van der Waals surface area contributed by atoms with Gasteiger partial charge in [0.2, 0.25) is 0 Å². The Bertz CT molecular complexity index is 167. The summed E-state index contributed by atoms with van der Waals surface area (Å²) >= 11 is 0. The van der Waals surface area contributed by atoms with Gasteiger partial charge in [0.1, 0.15) is 0 Å². The average molecular weight is 344 g/mol. The van der Waals surface area contributed by atoms with E-state index in [0.29, 0.717) is 0 Å². The van der Waals surface area contributed by atoms with Gasteiger partial charge in [0.25, 0.3) is 0 Å². The lowest BCUT2D eigenvalue weighted by molar-refractivity contribution is 0.162. The highest BCUT2D eigenvalue weighted by Gasteiger charge is 1.94. The fourth-order valence-electron chi connectivity index (χ4n) is 2.90. The Morgan fingerprint density at radius 1 is 0.458 bits per heavy atom. The quantitative estimate of drug-likeness (QED) is 0.266. The molecule has 0 aliphatic heterocycles. The molecule has 0 rings (SSSR count). The summed E-state index contributed by atoms with van der Waals surface area (Å²) in [4.78, 5) is 0. The van der Waals surface area contributed by atoms with Crippen molar-refractivity contribution in [1.29, 1.82) is 0 Å². The summed E-state index contributed by atoms with van der Waals surface area (Å²) in [6, 6.07) is 0. The van der Waals surface area contributed by atoms with E-state index in [1.54, 1.807) is 0 Å². The molecule has 0 aromatic heterocycles. The molecule has 0 unspecified atom stereocenters. The molecule has 0 bridgehead atoms. The molecule has 0 atom stereocenters. The van der Waals surface area contributed by atoms with Gasteiger partial charge in [-0.25, -0.2) is 0 Å². The maximum atomic E-state index is 5.48. The molecule has 0 fully saturated rings.